The number of halogens is 1. The summed E-state index contributed by atoms with van der Waals surface area (Å²) in [5.74, 6) is -0.916. The summed E-state index contributed by atoms with van der Waals surface area (Å²) in [4.78, 5) is 42.6. The van der Waals surface area contributed by atoms with E-state index in [0.29, 0.717) is 43.1 Å². The number of carbonyl (C=O) groups excluding carboxylic acids is 3. The van der Waals surface area contributed by atoms with E-state index in [9.17, 15) is 14.4 Å². The minimum atomic E-state index is -0.539. The number of methoxy groups -OCH3 is 2. The average molecular weight is 663 g/mol. The summed E-state index contributed by atoms with van der Waals surface area (Å²) in [5, 5.41) is 3.69. The number of aromatic nitrogens is 1. The lowest BCUT2D eigenvalue weighted by Gasteiger charge is -2.29. The standard InChI is InChI=1S/C37H47FN4O6/c1-23-13-25(31(38)16-32(23)39-37(45)30-18-40(2)33-8-6-5-7-29(30)33)14-36(44)42-17-26(41-19-34(46-3)35(20-41)47-4)15-27(42)22-48-28-11-9-24(21-43)10-12-28/h5-8,13,16,18,21,24,26-28,34-35H,9-12,14-15,17,19-20,22H2,1-4H3,(H,39,45)/t24?,26-,27-,28?,34-,35+/m0/s1. The van der Waals surface area contributed by atoms with Crippen LogP contribution in [0.2, 0.25) is 0 Å². The van der Waals surface area contributed by atoms with Crippen molar-refractivity contribution >= 4 is 34.7 Å². The summed E-state index contributed by atoms with van der Waals surface area (Å²) < 4.78 is 35.2. The van der Waals surface area contributed by atoms with Crippen molar-refractivity contribution in [3.63, 3.8) is 0 Å². The van der Waals surface area contributed by atoms with E-state index < -0.39 is 5.82 Å². The summed E-state index contributed by atoms with van der Waals surface area (Å²) in [6.07, 6.45) is 6.75. The van der Waals surface area contributed by atoms with Crippen LogP contribution in [0.15, 0.2) is 42.6 Å². The molecule has 3 aliphatic rings. The SMILES string of the molecule is CO[C@H]1CN([C@H]2C[C@@H](COC3CCC(C=O)CC3)N(C(=O)Cc3cc(C)c(NC(=O)c4cn(C)c5ccccc45)cc3F)C2)C[C@H]1OC. The van der Waals surface area contributed by atoms with Crippen LogP contribution in [-0.2, 0) is 37.3 Å². The van der Waals surface area contributed by atoms with Gasteiger partial charge in [-0.1, -0.05) is 24.3 Å². The highest BCUT2D eigenvalue weighted by Gasteiger charge is 2.43. The van der Waals surface area contributed by atoms with Gasteiger partial charge < -0.3 is 33.8 Å². The molecule has 2 aromatic carbocycles. The van der Waals surface area contributed by atoms with E-state index in [2.05, 4.69) is 10.2 Å². The second kappa shape index (κ2) is 14.9. The smallest absolute Gasteiger partial charge is 0.257 e. The topological polar surface area (TPSA) is 102 Å². The fraction of sp³-hybridized carbons (Fsp3) is 0.541. The van der Waals surface area contributed by atoms with Gasteiger partial charge in [-0.3, -0.25) is 14.5 Å². The first-order valence-corrected chi connectivity index (χ1v) is 17.0. The Morgan fingerprint density at radius 3 is 2.42 bits per heavy atom. The third kappa shape index (κ3) is 7.19. The van der Waals surface area contributed by atoms with Crippen LogP contribution in [0.25, 0.3) is 10.9 Å². The normalized spacial score (nSPS) is 26.3. The molecule has 0 radical (unpaired) electrons. The number of carbonyl (C=O) groups is 3. The van der Waals surface area contributed by atoms with Crippen molar-refractivity contribution in [3.8, 4) is 0 Å². The number of aldehydes is 1. The lowest BCUT2D eigenvalue weighted by atomic mass is 9.88. The fourth-order valence-electron chi connectivity index (χ4n) is 7.77. The van der Waals surface area contributed by atoms with Crippen molar-refractivity contribution in [1.82, 2.24) is 14.4 Å². The van der Waals surface area contributed by atoms with E-state index in [1.807, 2.05) is 40.8 Å². The minimum Gasteiger partial charge on any atom is -0.377 e. The Morgan fingerprint density at radius 2 is 1.73 bits per heavy atom. The number of likely N-dealkylation sites (tertiary alicyclic amines) is 2. The molecule has 4 atom stereocenters. The van der Waals surface area contributed by atoms with Gasteiger partial charge in [0.15, 0.2) is 0 Å². The third-order valence-electron chi connectivity index (χ3n) is 10.6. The summed E-state index contributed by atoms with van der Waals surface area (Å²) in [6.45, 7) is 4.14. The van der Waals surface area contributed by atoms with Gasteiger partial charge in [0, 0.05) is 75.6 Å². The number of hydrogen-bond donors (Lipinski definition) is 1. The molecule has 3 heterocycles. The molecule has 0 unspecified atom stereocenters. The lowest BCUT2D eigenvalue weighted by molar-refractivity contribution is -0.133. The van der Waals surface area contributed by atoms with Crippen LogP contribution in [0.3, 0.4) is 0 Å². The number of benzene rings is 2. The van der Waals surface area contributed by atoms with Gasteiger partial charge in [0.05, 0.1) is 42.9 Å². The Hall–Kier alpha value is -3.64. The van der Waals surface area contributed by atoms with Crippen LogP contribution in [-0.4, -0.2) is 103 Å². The molecule has 0 spiro atoms. The first kappa shape index (κ1) is 34.2. The second-order valence-corrected chi connectivity index (χ2v) is 13.7. The number of rotatable bonds is 11. The number of anilines is 1. The van der Waals surface area contributed by atoms with Gasteiger partial charge >= 0.3 is 0 Å². The van der Waals surface area contributed by atoms with Gasteiger partial charge in [-0.05, 0) is 62.3 Å². The van der Waals surface area contributed by atoms with Crippen molar-refractivity contribution in [2.45, 2.75) is 75.8 Å². The highest BCUT2D eigenvalue weighted by atomic mass is 19.1. The van der Waals surface area contributed by atoms with E-state index >= 15 is 4.39 Å². The average Bonchev–Trinajstić information content (AvgIpc) is 3.81. The maximum atomic E-state index is 15.6. The van der Waals surface area contributed by atoms with Gasteiger partial charge in [0.1, 0.15) is 12.1 Å². The second-order valence-electron chi connectivity index (χ2n) is 13.7. The van der Waals surface area contributed by atoms with Gasteiger partial charge in [0.25, 0.3) is 5.91 Å². The molecule has 2 aliphatic heterocycles. The molecule has 6 rings (SSSR count). The zero-order valence-electron chi connectivity index (χ0n) is 28.3. The minimum absolute atomic E-state index is 0.0425. The Bertz CT molecular complexity index is 1620. The molecule has 2 amide bonds. The zero-order valence-corrected chi connectivity index (χ0v) is 28.3. The maximum Gasteiger partial charge on any atom is 0.257 e. The molecule has 3 fully saturated rings. The molecule has 10 nitrogen and oxygen atoms in total. The van der Waals surface area contributed by atoms with Crippen LogP contribution in [0.1, 0.15) is 53.6 Å². The van der Waals surface area contributed by atoms with Crippen molar-refractivity contribution in [2.75, 3.05) is 45.8 Å². The van der Waals surface area contributed by atoms with Crippen molar-refractivity contribution < 1.29 is 33.0 Å². The molecule has 48 heavy (non-hydrogen) atoms. The summed E-state index contributed by atoms with van der Waals surface area (Å²) in [5.41, 5.74) is 2.77. The third-order valence-corrected chi connectivity index (χ3v) is 10.6. The molecule has 1 aliphatic carbocycles. The van der Waals surface area contributed by atoms with Gasteiger partial charge in [-0.15, -0.1) is 0 Å². The quantitative estimate of drug-likeness (QED) is 0.302. The molecular formula is C37H47FN4O6. The van der Waals surface area contributed by atoms with Gasteiger partial charge in [-0.25, -0.2) is 4.39 Å². The van der Waals surface area contributed by atoms with E-state index in [1.54, 1.807) is 33.4 Å². The van der Waals surface area contributed by atoms with Gasteiger partial charge in [0.2, 0.25) is 5.91 Å². The Labute approximate surface area is 281 Å². The predicted molar refractivity (Wildman–Crippen MR) is 181 cm³/mol. The van der Waals surface area contributed by atoms with Crippen LogP contribution < -0.4 is 5.32 Å². The number of ether oxygens (including phenoxy) is 3. The fourth-order valence-corrected chi connectivity index (χ4v) is 7.77. The number of nitrogens with zero attached hydrogens (tertiary/aromatic N) is 3. The van der Waals surface area contributed by atoms with E-state index in [-0.39, 0.29) is 60.1 Å². The summed E-state index contributed by atoms with van der Waals surface area (Å²) in [7, 11) is 5.27. The van der Waals surface area contributed by atoms with Gasteiger partial charge in [-0.2, -0.15) is 0 Å². The molecule has 3 aromatic rings. The number of para-hydroxylation sites is 1. The number of nitrogens with one attached hydrogen (secondary N) is 1. The molecule has 11 heteroatoms. The Balaban J connectivity index is 1.15. The van der Waals surface area contributed by atoms with E-state index in [1.165, 1.54) is 6.07 Å². The van der Waals surface area contributed by atoms with E-state index in [0.717, 1.165) is 49.3 Å². The number of fused-ring (bicyclic) bond motifs is 1. The molecule has 1 aromatic heterocycles. The van der Waals surface area contributed by atoms with Crippen molar-refractivity contribution in [2.24, 2.45) is 13.0 Å². The first-order chi connectivity index (χ1) is 23.2. The number of hydrogen-bond acceptors (Lipinski definition) is 7. The summed E-state index contributed by atoms with van der Waals surface area (Å²) >= 11 is 0. The maximum absolute atomic E-state index is 15.6. The highest BCUT2D eigenvalue weighted by molar-refractivity contribution is 6.13. The highest BCUT2D eigenvalue weighted by Crippen LogP contribution is 2.31. The number of amides is 2. The van der Waals surface area contributed by atoms with Crippen LogP contribution in [0.4, 0.5) is 10.1 Å². The number of aryl methyl sites for hydroxylation is 2. The molecular weight excluding hydrogens is 615 g/mol. The lowest BCUT2D eigenvalue weighted by Crippen LogP contribution is -2.41. The Kier molecular flexibility index (Phi) is 10.6. The summed E-state index contributed by atoms with van der Waals surface area (Å²) in [6, 6.07) is 10.5. The molecule has 258 valence electrons. The van der Waals surface area contributed by atoms with Crippen LogP contribution >= 0.6 is 0 Å². The predicted octanol–water partition coefficient (Wildman–Crippen LogP) is 4.51. The van der Waals surface area contributed by atoms with Crippen LogP contribution in [0, 0.1) is 18.7 Å². The largest absolute Gasteiger partial charge is 0.377 e. The monoisotopic (exact) mass is 662 g/mol. The molecule has 1 saturated carbocycles. The first-order valence-electron chi connectivity index (χ1n) is 17.0. The van der Waals surface area contributed by atoms with E-state index in [4.69, 9.17) is 14.2 Å². The van der Waals surface area contributed by atoms with Crippen molar-refractivity contribution in [1.29, 1.82) is 0 Å². The molecule has 1 N–H and O–H groups in total. The van der Waals surface area contributed by atoms with Crippen LogP contribution in [0.5, 0.6) is 0 Å². The molecule has 0 bridgehead atoms. The molecule has 2 saturated heterocycles. The zero-order chi connectivity index (χ0) is 33.9. The Morgan fingerprint density at radius 1 is 1.02 bits per heavy atom. The van der Waals surface area contributed by atoms with Crippen molar-refractivity contribution in [3.05, 3.63) is 65.1 Å².